The topological polar surface area (TPSA) is 24.8 Å². The van der Waals surface area contributed by atoms with E-state index in [1.807, 2.05) is 4.90 Å². The average molecular weight is 207 g/mol. The number of aliphatic imine (C=N–C) groups is 1. The first-order valence-electron chi connectivity index (χ1n) is 3.77. The van der Waals surface area contributed by atoms with Crippen LogP contribution in [0.2, 0.25) is 0 Å². The van der Waals surface area contributed by atoms with Crippen LogP contribution < -0.4 is 0 Å². The van der Waals surface area contributed by atoms with Crippen molar-refractivity contribution >= 4 is 34.1 Å². The average Bonchev–Trinajstić information content (AvgIpc) is 2.05. The molecule has 12 heavy (non-hydrogen) atoms. The van der Waals surface area contributed by atoms with Crippen LogP contribution in [0.3, 0.4) is 0 Å². The summed E-state index contributed by atoms with van der Waals surface area (Å²) in [5.41, 5.74) is 0. The smallest absolute Gasteiger partial charge is 0.196 e. The first kappa shape index (κ1) is 9.89. The lowest BCUT2D eigenvalue weighted by Crippen LogP contribution is -2.39. The Morgan fingerprint density at radius 2 is 2.08 bits per heavy atom. The Balaban J connectivity index is 2.45. The maximum atomic E-state index is 5.60. The van der Waals surface area contributed by atoms with Gasteiger partial charge in [-0.25, -0.2) is 4.99 Å². The van der Waals surface area contributed by atoms with Gasteiger partial charge in [-0.15, -0.1) is 0 Å². The molecule has 0 aliphatic carbocycles. The van der Waals surface area contributed by atoms with Gasteiger partial charge >= 0.3 is 0 Å². The van der Waals surface area contributed by atoms with E-state index in [0.717, 1.165) is 26.3 Å². The first-order chi connectivity index (χ1) is 5.70. The lowest BCUT2D eigenvalue weighted by Gasteiger charge is -2.26. The number of nitrogens with zero attached hydrogens (tertiary/aromatic N) is 2. The summed E-state index contributed by atoms with van der Waals surface area (Å²) in [7, 11) is 0. The highest BCUT2D eigenvalue weighted by Crippen LogP contribution is 2.01. The Labute approximate surface area is 82.4 Å². The molecule has 0 aromatic heterocycles. The summed E-state index contributed by atoms with van der Waals surface area (Å²) in [4.78, 5) is 5.98. The highest BCUT2D eigenvalue weighted by molar-refractivity contribution is 7.80. The summed E-state index contributed by atoms with van der Waals surface area (Å²) in [5.74, 6) is 0. The van der Waals surface area contributed by atoms with Crippen molar-refractivity contribution in [2.24, 2.45) is 4.99 Å². The van der Waals surface area contributed by atoms with Crippen molar-refractivity contribution in [1.29, 1.82) is 0 Å². The number of hydrogen-bond donors (Lipinski definition) is 0. The Hall–Kier alpha value is -0.190. The molecule has 0 aromatic rings. The van der Waals surface area contributed by atoms with Crippen LogP contribution in [-0.2, 0) is 4.74 Å². The number of hydrogen-bond acceptors (Lipinski definition) is 2. The molecular formula is C7H11ClN2OS. The minimum absolute atomic E-state index is 0.478. The highest BCUT2D eigenvalue weighted by atomic mass is 35.5. The summed E-state index contributed by atoms with van der Waals surface area (Å²) in [6, 6.07) is 0. The SMILES string of the molecule is C/C(Cl)=N/C(=S)N1CCOCC1. The largest absolute Gasteiger partial charge is 0.378 e. The molecule has 1 aliphatic rings. The first-order valence-corrected chi connectivity index (χ1v) is 4.56. The van der Waals surface area contributed by atoms with Crippen molar-refractivity contribution in [2.45, 2.75) is 6.92 Å². The molecule has 1 saturated heterocycles. The highest BCUT2D eigenvalue weighted by Gasteiger charge is 2.12. The van der Waals surface area contributed by atoms with Crippen molar-refractivity contribution < 1.29 is 4.74 Å². The van der Waals surface area contributed by atoms with Gasteiger partial charge in [0.2, 0.25) is 0 Å². The van der Waals surface area contributed by atoms with Gasteiger partial charge in [0.1, 0.15) is 5.17 Å². The van der Waals surface area contributed by atoms with Crippen LogP contribution >= 0.6 is 23.8 Å². The summed E-state index contributed by atoms with van der Waals surface area (Å²) in [5, 5.41) is 1.04. The van der Waals surface area contributed by atoms with Gasteiger partial charge in [-0.3, -0.25) is 0 Å². The van der Waals surface area contributed by atoms with E-state index in [4.69, 9.17) is 28.6 Å². The van der Waals surface area contributed by atoms with E-state index in [1.165, 1.54) is 0 Å². The monoisotopic (exact) mass is 206 g/mol. The van der Waals surface area contributed by atoms with Gasteiger partial charge in [-0.1, -0.05) is 11.6 Å². The Morgan fingerprint density at radius 1 is 1.50 bits per heavy atom. The molecule has 1 aliphatic heterocycles. The Morgan fingerprint density at radius 3 is 2.58 bits per heavy atom. The second-order valence-corrected chi connectivity index (χ2v) is 3.40. The van der Waals surface area contributed by atoms with E-state index in [0.29, 0.717) is 10.3 Å². The number of rotatable bonds is 0. The van der Waals surface area contributed by atoms with Gasteiger partial charge in [0.05, 0.1) is 13.2 Å². The summed E-state index contributed by atoms with van der Waals surface area (Å²) in [6.07, 6.45) is 0. The summed E-state index contributed by atoms with van der Waals surface area (Å²) < 4.78 is 5.17. The molecule has 0 aromatic carbocycles. The van der Waals surface area contributed by atoms with Gasteiger partial charge in [0.15, 0.2) is 5.11 Å². The molecule has 1 heterocycles. The molecule has 0 bridgehead atoms. The minimum atomic E-state index is 0.478. The van der Waals surface area contributed by atoms with Crippen LogP contribution in [0.1, 0.15) is 6.92 Å². The second kappa shape index (κ2) is 4.74. The number of thiocarbonyl (C=S) groups is 1. The molecule has 5 heteroatoms. The normalized spacial score (nSPS) is 19.5. The van der Waals surface area contributed by atoms with Crippen LogP contribution in [0, 0.1) is 0 Å². The second-order valence-electron chi connectivity index (χ2n) is 2.49. The third-order valence-electron chi connectivity index (χ3n) is 1.53. The quantitative estimate of drug-likeness (QED) is 0.441. The molecule has 0 N–H and O–H groups in total. The zero-order valence-corrected chi connectivity index (χ0v) is 8.49. The van der Waals surface area contributed by atoms with E-state index in [2.05, 4.69) is 4.99 Å². The summed E-state index contributed by atoms with van der Waals surface area (Å²) in [6.45, 7) is 4.78. The van der Waals surface area contributed by atoms with Crippen molar-refractivity contribution in [1.82, 2.24) is 4.90 Å². The number of morpholine rings is 1. The summed E-state index contributed by atoms with van der Waals surface area (Å²) >= 11 is 10.6. The van der Waals surface area contributed by atoms with E-state index in [-0.39, 0.29) is 0 Å². The predicted molar refractivity (Wildman–Crippen MR) is 54.0 cm³/mol. The van der Waals surface area contributed by atoms with Crippen molar-refractivity contribution in [3.63, 3.8) is 0 Å². The van der Waals surface area contributed by atoms with Crippen LogP contribution in [0.25, 0.3) is 0 Å². The fourth-order valence-electron chi connectivity index (χ4n) is 0.957. The van der Waals surface area contributed by atoms with Crippen LogP contribution in [0.15, 0.2) is 4.99 Å². The van der Waals surface area contributed by atoms with Gasteiger partial charge in [-0.2, -0.15) is 0 Å². The fraction of sp³-hybridized carbons (Fsp3) is 0.714. The standard InChI is InChI=1S/C7H11ClN2OS/c1-6(8)9-7(12)10-2-4-11-5-3-10/h2-5H2,1H3/b9-6-. The van der Waals surface area contributed by atoms with E-state index in [1.54, 1.807) is 6.92 Å². The molecule has 0 atom stereocenters. The van der Waals surface area contributed by atoms with Crippen molar-refractivity contribution in [2.75, 3.05) is 26.3 Å². The van der Waals surface area contributed by atoms with Crippen molar-refractivity contribution in [3.05, 3.63) is 0 Å². The molecule has 0 spiro atoms. The number of halogens is 1. The van der Waals surface area contributed by atoms with Gasteiger partial charge in [0.25, 0.3) is 0 Å². The molecule has 1 fully saturated rings. The van der Waals surface area contributed by atoms with Crippen molar-refractivity contribution in [3.8, 4) is 0 Å². The lowest BCUT2D eigenvalue weighted by molar-refractivity contribution is 0.0686. The van der Waals surface area contributed by atoms with E-state index in [9.17, 15) is 0 Å². The maximum Gasteiger partial charge on any atom is 0.196 e. The molecule has 0 saturated carbocycles. The van der Waals surface area contributed by atoms with Gasteiger partial charge < -0.3 is 9.64 Å². The third-order valence-corrected chi connectivity index (χ3v) is 1.97. The number of ether oxygens (including phenoxy) is 1. The third kappa shape index (κ3) is 3.05. The van der Waals surface area contributed by atoms with Crippen LogP contribution in [0.4, 0.5) is 0 Å². The fourth-order valence-corrected chi connectivity index (χ4v) is 1.41. The maximum absolute atomic E-state index is 5.60. The van der Waals surface area contributed by atoms with E-state index < -0.39 is 0 Å². The molecular weight excluding hydrogens is 196 g/mol. The molecule has 0 amide bonds. The molecule has 68 valence electrons. The molecule has 3 nitrogen and oxygen atoms in total. The lowest BCUT2D eigenvalue weighted by atomic mass is 10.4. The predicted octanol–water partition coefficient (Wildman–Crippen LogP) is 1.26. The minimum Gasteiger partial charge on any atom is -0.378 e. The molecule has 1 rings (SSSR count). The van der Waals surface area contributed by atoms with Crippen LogP contribution in [0.5, 0.6) is 0 Å². The molecule has 0 radical (unpaired) electrons. The van der Waals surface area contributed by atoms with Gasteiger partial charge in [-0.05, 0) is 19.1 Å². The van der Waals surface area contributed by atoms with E-state index >= 15 is 0 Å². The zero-order chi connectivity index (χ0) is 8.97. The Kier molecular flexibility index (Phi) is 3.91. The Bertz CT molecular complexity index is 198. The van der Waals surface area contributed by atoms with Crippen LogP contribution in [-0.4, -0.2) is 41.5 Å². The molecule has 0 unspecified atom stereocenters. The zero-order valence-electron chi connectivity index (χ0n) is 6.92. The van der Waals surface area contributed by atoms with Gasteiger partial charge in [0, 0.05) is 13.1 Å².